The van der Waals surface area contributed by atoms with Crippen molar-refractivity contribution in [3.8, 4) is 5.69 Å². The Kier molecular flexibility index (Phi) is 3.57. The first-order valence-electron chi connectivity index (χ1n) is 8.66. The molecule has 0 saturated heterocycles. The highest BCUT2D eigenvalue weighted by atomic mass is 16.3. The topological polar surface area (TPSA) is 81.7 Å². The number of furan rings is 1. The van der Waals surface area contributed by atoms with Crippen LogP contribution in [0.4, 0.5) is 5.82 Å². The van der Waals surface area contributed by atoms with E-state index in [0.717, 1.165) is 27.9 Å². The summed E-state index contributed by atoms with van der Waals surface area (Å²) < 4.78 is 7.72. The zero-order valence-corrected chi connectivity index (χ0v) is 14.6. The minimum Gasteiger partial charge on any atom is -0.450 e. The molecule has 0 bridgehead atoms. The van der Waals surface area contributed by atoms with Gasteiger partial charge in [-0.2, -0.15) is 0 Å². The normalized spacial score (nSPS) is 12.5. The van der Waals surface area contributed by atoms with Crippen LogP contribution in [0.3, 0.4) is 0 Å². The minimum atomic E-state index is -0.103. The molecule has 1 N–H and O–H groups in total. The molecule has 0 aliphatic rings. The summed E-state index contributed by atoms with van der Waals surface area (Å²) in [5.74, 6) is 0.637. The summed E-state index contributed by atoms with van der Waals surface area (Å²) in [4.78, 5) is 8.74. The number of hydrogen-bond donors (Lipinski definition) is 1. The summed E-state index contributed by atoms with van der Waals surface area (Å²) in [6, 6.07) is 17.6. The van der Waals surface area contributed by atoms with Crippen LogP contribution in [0.1, 0.15) is 18.7 Å². The van der Waals surface area contributed by atoms with Crippen molar-refractivity contribution in [2.24, 2.45) is 0 Å². The number of hydrogen-bond acceptors (Lipinski definition) is 6. The van der Waals surface area contributed by atoms with Gasteiger partial charge in [-0.3, -0.25) is 0 Å². The molecule has 2 aromatic carbocycles. The lowest BCUT2D eigenvalue weighted by Gasteiger charge is -2.11. The van der Waals surface area contributed by atoms with Crippen molar-refractivity contribution in [3.63, 3.8) is 0 Å². The summed E-state index contributed by atoms with van der Waals surface area (Å²) in [7, 11) is 0. The molecule has 132 valence electrons. The molecule has 1 atom stereocenters. The summed E-state index contributed by atoms with van der Waals surface area (Å²) in [5, 5.41) is 12.8. The molecular formula is C20H16N6O. The van der Waals surface area contributed by atoms with Crippen molar-refractivity contribution in [1.29, 1.82) is 0 Å². The summed E-state index contributed by atoms with van der Waals surface area (Å²) in [6.07, 6.45) is 3.45. The smallest absolute Gasteiger partial charge is 0.196 e. The molecule has 0 saturated carbocycles. The largest absolute Gasteiger partial charge is 0.450 e. The number of benzene rings is 2. The van der Waals surface area contributed by atoms with Gasteiger partial charge in [-0.15, -0.1) is 5.10 Å². The van der Waals surface area contributed by atoms with Crippen LogP contribution in [0.15, 0.2) is 71.5 Å². The molecule has 3 aromatic heterocycles. The van der Waals surface area contributed by atoms with Crippen LogP contribution in [0.5, 0.6) is 0 Å². The van der Waals surface area contributed by atoms with Crippen LogP contribution in [-0.2, 0) is 0 Å². The van der Waals surface area contributed by atoms with Gasteiger partial charge >= 0.3 is 0 Å². The van der Waals surface area contributed by atoms with Gasteiger partial charge in [-0.25, -0.2) is 14.6 Å². The Morgan fingerprint density at radius 2 is 1.81 bits per heavy atom. The maximum atomic E-state index is 5.97. The predicted molar refractivity (Wildman–Crippen MR) is 103 cm³/mol. The number of anilines is 1. The van der Waals surface area contributed by atoms with E-state index in [1.54, 1.807) is 11.0 Å². The molecule has 0 spiro atoms. The lowest BCUT2D eigenvalue weighted by atomic mass is 10.2. The third-order valence-corrected chi connectivity index (χ3v) is 4.49. The molecule has 3 heterocycles. The Morgan fingerprint density at radius 1 is 1.00 bits per heavy atom. The summed E-state index contributed by atoms with van der Waals surface area (Å²) >= 11 is 0. The molecular weight excluding hydrogens is 340 g/mol. The first-order valence-corrected chi connectivity index (χ1v) is 8.66. The lowest BCUT2D eigenvalue weighted by Crippen LogP contribution is -2.08. The van der Waals surface area contributed by atoms with E-state index in [4.69, 9.17) is 4.42 Å². The number of fused-ring (bicyclic) bond motifs is 3. The van der Waals surface area contributed by atoms with Crippen molar-refractivity contribution in [2.45, 2.75) is 13.0 Å². The summed E-state index contributed by atoms with van der Waals surface area (Å²) in [6.45, 7) is 2.01. The molecule has 7 nitrogen and oxygen atoms in total. The highest BCUT2D eigenvalue weighted by molar-refractivity contribution is 6.05. The first kappa shape index (κ1) is 15.5. The second-order valence-corrected chi connectivity index (χ2v) is 6.29. The van der Waals surface area contributed by atoms with Crippen LogP contribution in [0, 0.1) is 0 Å². The van der Waals surface area contributed by atoms with Crippen molar-refractivity contribution < 1.29 is 4.42 Å². The Balaban J connectivity index is 1.48. The van der Waals surface area contributed by atoms with Crippen molar-refractivity contribution in [3.05, 3.63) is 72.8 Å². The van der Waals surface area contributed by atoms with E-state index in [9.17, 15) is 0 Å². The van der Waals surface area contributed by atoms with Crippen LogP contribution < -0.4 is 5.32 Å². The summed E-state index contributed by atoms with van der Waals surface area (Å²) in [5.41, 5.74) is 4.00. The number of rotatable bonds is 4. The fourth-order valence-corrected chi connectivity index (χ4v) is 3.09. The molecule has 0 aliphatic carbocycles. The molecule has 0 amide bonds. The van der Waals surface area contributed by atoms with E-state index in [0.29, 0.717) is 11.4 Å². The quantitative estimate of drug-likeness (QED) is 0.521. The van der Waals surface area contributed by atoms with Gasteiger partial charge < -0.3 is 9.73 Å². The Bertz CT molecular complexity index is 1230. The van der Waals surface area contributed by atoms with Gasteiger partial charge in [-0.1, -0.05) is 35.5 Å². The highest BCUT2D eigenvalue weighted by Crippen LogP contribution is 2.31. The van der Waals surface area contributed by atoms with Crippen LogP contribution in [0.2, 0.25) is 0 Å². The maximum Gasteiger partial charge on any atom is 0.196 e. The predicted octanol–water partition coefficient (Wildman–Crippen LogP) is 4.13. The zero-order chi connectivity index (χ0) is 18.2. The second kappa shape index (κ2) is 6.21. The van der Waals surface area contributed by atoms with Gasteiger partial charge in [0.1, 0.15) is 23.1 Å². The molecule has 7 heteroatoms. The van der Waals surface area contributed by atoms with Crippen molar-refractivity contribution in [1.82, 2.24) is 25.0 Å². The van der Waals surface area contributed by atoms with Crippen molar-refractivity contribution in [2.75, 3.05) is 5.32 Å². The van der Waals surface area contributed by atoms with Gasteiger partial charge in [0.05, 0.1) is 17.9 Å². The number of aromatic nitrogens is 5. The Morgan fingerprint density at radius 3 is 2.70 bits per heavy atom. The molecule has 5 rings (SSSR count). The monoisotopic (exact) mass is 356 g/mol. The van der Waals surface area contributed by atoms with Crippen molar-refractivity contribution >= 4 is 27.9 Å². The van der Waals surface area contributed by atoms with Gasteiger partial charge in [-0.05, 0) is 31.2 Å². The minimum absolute atomic E-state index is 0.103. The highest BCUT2D eigenvalue weighted by Gasteiger charge is 2.17. The third kappa shape index (κ3) is 2.69. The molecule has 27 heavy (non-hydrogen) atoms. The fourth-order valence-electron chi connectivity index (χ4n) is 3.09. The van der Waals surface area contributed by atoms with E-state index in [-0.39, 0.29) is 6.04 Å². The van der Waals surface area contributed by atoms with E-state index in [1.165, 1.54) is 0 Å². The average molecular weight is 356 g/mol. The standard InChI is InChI=1S/C20H16N6O/c1-13(16-11-26(25-24-16)14-7-3-2-4-8-14)23-20-19-18(21-12-22-20)15-9-5-6-10-17(15)27-19/h2-13H,1H3,(H,21,22,23). The SMILES string of the molecule is CC(Nc1ncnc2c1oc1ccccc12)c1cn(-c2ccccc2)nn1. The molecule has 0 aliphatic heterocycles. The van der Waals surface area contributed by atoms with Gasteiger partial charge in [0.2, 0.25) is 0 Å². The van der Waals surface area contributed by atoms with Crippen LogP contribution in [-0.4, -0.2) is 25.0 Å². The number of para-hydroxylation sites is 2. The van der Waals surface area contributed by atoms with E-state index < -0.39 is 0 Å². The molecule has 0 fully saturated rings. The zero-order valence-electron chi connectivity index (χ0n) is 14.6. The second-order valence-electron chi connectivity index (χ2n) is 6.29. The fraction of sp³-hybridized carbons (Fsp3) is 0.100. The van der Waals surface area contributed by atoms with E-state index in [2.05, 4.69) is 25.6 Å². The first-order chi connectivity index (χ1) is 13.3. The maximum absolute atomic E-state index is 5.97. The Labute approximate surface area is 154 Å². The average Bonchev–Trinajstić information content (AvgIpc) is 3.35. The Hall–Kier alpha value is -3.74. The molecule has 5 aromatic rings. The van der Waals surface area contributed by atoms with Gasteiger partial charge in [0.15, 0.2) is 11.4 Å². The molecule has 0 radical (unpaired) electrons. The number of nitrogens with zero attached hydrogens (tertiary/aromatic N) is 5. The van der Waals surface area contributed by atoms with Crippen LogP contribution >= 0.6 is 0 Å². The lowest BCUT2D eigenvalue weighted by molar-refractivity contribution is 0.664. The number of nitrogens with one attached hydrogen (secondary N) is 1. The van der Waals surface area contributed by atoms with Gasteiger partial charge in [0.25, 0.3) is 0 Å². The van der Waals surface area contributed by atoms with E-state index >= 15 is 0 Å². The van der Waals surface area contributed by atoms with Gasteiger partial charge in [0, 0.05) is 5.39 Å². The third-order valence-electron chi connectivity index (χ3n) is 4.49. The van der Waals surface area contributed by atoms with E-state index in [1.807, 2.05) is 67.7 Å². The molecule has 1 unspecified atom stereocenters. The van der Waals surface area contributed by atoms with Crippen LogP contribution in [0.25, 0.3) is 27.8 Å².